The molecule has 0 unspecified atom stereocenters. The zero-order chi connectivity index (χ0) is 40.1. The number of carbonyl (C=O) groups is 5. The average molecular weight is 840 g/mol. The van der Waals surface area contributed by atoms with Crippen LogP contribution in [0.25, 0.3) is 0 Å². The van der Waals surface area contributed by atoms with Gasteiger partial charge in [-0.15, -0.1) is 5.10 Å². The van der Waals surface area contributed by atoms with Crippen molar-refractivity contribution in [2.45, 2.75) is 106 Å². The number of unbranched alkanes of at least 4 members (excludes halogenated alkanes) is 5. The molecule has 7 rings (SSSR count). The molecule has 14 nitrogen and oxygen atoms in total. The minimum Gasteiger partial charge on any atom is -0.464 e. The van der Waals surface area contributed by atoms with E-state index < -0.39 is 5.41 Å². The normalized spacial score (nSPS) is 22.4. The van der Waals surface area contributed by atoms with Crippen LogP contribution >= 0.6 is 35.0 Å². The molecule has 1 aromatic heterocycles. The Morgan fingerprint density at radius 3 is 2.56 bits per heavy atom. The average Bonchev–Trinajstić information content (AvgIpc) is 3.94. The summed E-state index contributed by atoms with van der Waals surface area (Å²) < 4.78 is 7.17. The quantitative estimate of drug-likeness (QED) is 0.0691. The molecule has 304 valence electrons. The largest absolute Gasteiger partial charge is 0.464 e. The van der Waals surface area contributed by atoms with Crippen LogP contribution in [0.4, 0.5) is 16.3 Å². The maximum absolute atomic E-state index is 14.5. The number of urea groups is 1. The molecule has 5 atom stereocenters. The van der Waals surface area contributed by atoms with Crippen molar-refractivity contribution in [3.05, 3.63) is 69.3 Å². The van der Waals surface area contributed by atoms with E-state index in [1.54, 1.807) is 39.9 Å². The highest BCUT2D eigenvalue weighted by atomic mass is 35.5. The molecule has 3 aromatic rings. The SMILES string of the molecule is C[C@@H](c1ccc(Cl)cc1)n1nnc2c1NC(=O)C[C@]21C(=O)N(CCOC(=O)CCCCCCCNC(=O)CCCC[C@@H]2SC[C@@H]3NC(=O)N[C@@H]32)c2ccc(Cl)cc21. The predicted octanol–water partition coefficient (Wildman–Crippen LogP) is 5.89. The van der Waals surface area contributed by atoms with Gasteiger partial charge in [0.05, 0.1) is 31.1 Å². The highest BCUT2D eigenvalue weighted by Gasteiger charge is 2.58. The summed E-state index contributed by atoms with van der Waals surface area (Å²) in [4.78, 5) is 65.8. The summed E-state index contributed by atoms with van der Waals surface area (Å²) >= 11 is 14.5. The van der Waals surface area contributed by atoms with Gasteiger partial charge in [-0.2, -0.15) is 11.8 Å². The summed E-state index contributed by atoms with van der Waals surface area (Å²) in [6.45, 7) is 2.64. The molecule has 4 N–H and O–H groups in total. The number of thioether (sulfide) groups is 1. The van der Waals surface area contributed by atoms with E-state index in [2.05, 4.69) is 31.6 Å². The minimum absolute atomic E-state index is 0.0159. The first-order valence-electron chi connectivity index (χ1n) is 19.8. The molecule has 2 fully saturated rings. The van der Waals surface area contributed by atoms with Crippen LogP contribution in [0.3, 0.4) is 0 Å². The van der Waals surface area contributed by atoms with E-state index in [1.165, 1.54) is 0 Å². The van der Waals surface area contributed by atoms with Crippen molar-refractivity contribution in [2.75, 3.05) is 35.7 Å². The van der Waals surface area contributed by atoms with Crippen LogP contribution in [0.5, 0.6) is 0 Å². The predicted molar refractivity (Wildman–Crippen MR) is 219 cm³/mol. The van der Waals surface area contributed by atoms with Crippen molar-refractivity contribution in [1.82, 2.24) is 30.9 Å². The summed E-state index contributed by atoms with van der Waals surface area (Å²) in [5, 5.41) is 22.2. The number of rotatable bonds is 18. The molecule has 0 saturated carbocycles. The van der Waals surface area contributed by atoms with E-state index in [1.807, 2.05) is 30.8 Å². The number of hydrogen-bond donors (Lipinski definition) is 4. The third-order valence-electron chi connectivity index (χ3n) is 11.4. The Kier molecular flexibility index (Phi) is 12.9. The molecule has 5 amide bonds. The van der Waals surface area contributed by atoms with Gasteiger partial charge in [0.15, 0.2) is 5.82 Å². The fourth-order valence-electron chi connectivity index (χ4n) is 8.35. The number of nitrogens with one attached hydrogen (secondary N) is 4. The van der Waals surface area contributed by atoms with Gasteiger partial charge in [0.1, 0.15) is 17.7 Å². The molecule has 5 heterocycles. The van der Waals surface area contributed by atoms with Gasteiger partial charge in [-0.05, 0) is 74.1 Å². The summed E-state index contributed by atoms with van der Waals surface area (Å²) in [6, 6.07) is 12.5. The number of ether oxygens (including phenoxy) is 1. The molecule has 17 heteroatoms. The van der Waals surface area contributed by atoms with Crippen molar-refractivity contribution < 1.29 is 28.7 Å². The van der Waals surface area contributed by atoms with Gasteiger partial charge in [0.2, 0.25) is 17.7 Å². The number of amides is 5. The number of esters is 1. The molecule has 2 aromatic carbocycles. The van der Waals surface area contributed by atoms with Gasteiger partial charge in [-0.3, -0.25) is 19.2 Å². The zero-order valence-corrected chi connectivity index (χ0v) is 34.2. The second kappa shape index (κ2) is 18.1. The van der Waals surface area contributed by atoms with Gasteiger partial charge in [0.25, 0.3) is 0 Å². The second-order valence-electron chi connectivity index (χ2n) is 15.2. The molecular weight excluding hydrogens is 791 g/mol. The van der Waals surface area contributed by atoms with E-state index in [0.29, 0.717) is 57.4 Å². The summed E-state index contributed by atoms with van der Waals surface area (Å²) in [6.07, 6.45) is 7.72. The number of aromatic nitrogens is 3. The summed E-state index contributed by atoms with van der Waals surface area (Å²) in [5.41, 5.74) is 0.911. The lowest BCUT2D eigenvalue weighted by Gasteiger charge is -2.31. The molecular formula is C40H48Cl2N8O6S. The maximum Gasteiger partial charge on any atom is 0.315 e. The van der Waals surface area contributed by atoms with Crippen molar-refractivity contribution >= 4 is 76.2 Å². The summed E-state index contributed by atoms with van der Waals surface area (Å²) in [7, 11) is 0. The zero-order valence-electron chi connectivity index (χ0n) is 31.9. The molecule has 0 radical (unpaired) electrons. The van der Waals surface area contributed by atoms with E-state index in [-0.39, 0.29) is 73.8 Å². The van der Waals surface area contributed by atoms with E-state index in [0.717, 1.165) is 56.3 Å². The Morgan fingerprint density at radius 1 is 0.982 bits per heavy atom. The second-order valence-corrected chi connectivity index (χ2v) is 17.3. The molecule has 4 aliphatic heterocycles. The number of halogens is 2. The Labute approximate surface area is 345 Å². The number of nitrogens with zero attached hydrogens (tertiary/aromatic N) is 4. The van der Waals surface area contributed by atoms with Crippen molar-refractivity contribution in [2.24, 2.45) is 0 Å². The third-order valence-corrected chi connectivity index (χ3v) is 13.4. The molecule has 4 aliphatic rings. The van der Waals surface area contributed by atoms with Crippen molar-refractivity contribution in [3.63, 3.8) is 0 Å². The Hall–Kier alpha value is -4.34. The first-order valence-corrected chi connectivity index (χ1v) is 21.6. The Morgan fingerprint density at radius 2 is 1.74 bits per heavy atom. The highest BCUT2D eigenvalue weighted by Crippen LogP contribution is 2.52. The van der Waals surface area contributed by atoms with Crippen LogP contribution < -0.4 is 26.2 Å². The molecule has 0 aliphatic carbocycles. The first-order chi connectivity index (χ1) is 27.5. The van der Waals surface area contributed by atoms with Gasteiger partial charge in [0, 0.05) is 46.1 Å². The lowest BCUT2D eigenvalue weighted by atomic mass is 9.73. The summed E-state index contributed by atoms with van der Waals surface area (Å²) in [5.74, 6) is 0.306. The van der Waals surface area contributed by atoms with Crippen molar-refractivity contribution in [3.8, 4) is 0 Å². The van der Waals surface area contributed by atoms with Crippen LogP contribution in [0, 0.1) is 0 Å². The fraction of sp³-hybridized carbons (Fsp3) is 0.525. The molecule has 1 spiro atoms. The Bertz CT molecular complexity index is 2000. The topological polar surface area (TPSA) is 177 Å². The van der Waals surface area contributed by atoms with Crippen molar-refractivity contribution in [1.29, 1.82) is 0 Å². The lowest BCUT2D eigenvalue weighted by molar-refractivity contribution is -0.143. The maximum atomic E-state index is 14.5. The number of fused-ring (bicyclic) bond motifs is 5. The van der Waals surface area contributed by atoms with E-state index in [9.17, 15) is 24.0 Å². The Balaban J connectivity index is 0.822. The molecule has 2 saturated heterocycles. The van der Waals surface area contributed by atoms with E-state index >= 15 is 0 Å². The van der Waals surface area contributed by atoms with Crippen LogP contribution in [-0.4, -0.2) is 87.5 Å². The van der Waals surface area contributed by atoms with E-state index in [4.69, 9.17) is 27.9 Å². The fourth-order valence-corrected chi connectivity index (χ4v) is 10.2. The highest BCUT2D eigenvalue weighted by molar-refractivity contribution is 8.00. The monoisotopic (exact) mass is 838 g/mol. The number of benzene rings is 2. The van der Waals surface area contributed by atoms with Crippen LogP contribution in [0.15, 0.2) is 42.5 Å². The van der Waals surface area contributed by atoms with Crippen LogP contribution in [0.1, 0.15) is 100 Å². The third kappa shape index (κ3) is 8.90. The van der Waals surface area contributed by atoms with Gasteiger partial charge >= 0.3 is 12.0 Å². The number of anilines is 2. The smallest absolute Gasteiger partial charge is 0.315 e. The van der Waals surface area contributed by atoms with Crippen LogP contribution in [0.2, 0.25) is 10.0 Å². The molecule has 57 heavy (non-hydrogen) atoms. The van der Waals surface area contributed by atoms with Gasteiger partial charge in [-0.1, -0.05) is 66.2 Å². The van der Waals surface area contributed by atoms with Crippen LogP contribution in [-0.2, 0) is 29.3 Å². The molecule has 0 bridgehead atoms. The minimum atomic E-state index is -1.45. The van der Waals surface area contributed by atoms with Gasteiger partial charge < -0.3 is 30.9 Å². The number of hydrogen-bond acceptors (Lipinski definition) is 9. The first kappa shape index (κ1) is 40.8. The number of carbonyl (C=O) groups excluding carboxylic acids is 5. The lowest BCUT2D eigenvalue weighted by Crippen LogP contribution is -2.47. The van der Waals surface area contributed by atoms with Gasteiger partial charge in [-0.25, -0.2) is 9.48 Å². The standard InChI is InChI=1S/C40H48Cl2N8O6S/c1-24(25-12-14-26(41)15-13-25)50-37-36(47-48-50)40(22-33(52)45-37)28-21-27(42)16-17-30(28)49(38(40)54)19-20-56-34(53)11-5-3-2-4-8-18-43-32(51)10-7-6-9-31-35-29(23-57-31)44-39(55)46-35/h12-17,21,24,29,31,35H,2-11,18-20,22-23H2,1H3,(H,43,51)(H,45,52)(H2,44,46,55)/t24-,29-,31-,35-,40+/m0/s1.